The van der Waals surface area contributed by atoms with E-state index in [-0.39, 0.29) is 23.7 Å². The zero-order chi connectivity index (χ0) is 24.9. The number of methoxy groups -OCH3 is 1. The van der Waals surface area contributed by atoms with Gasteiger partial charge in [0.1, 0.15) is 5.00 Å². The van der Waals surface area contributed by atoms with Gasteiger partial charge in [-0.1, -0.05) is 30.3 Å². The summed E-state index contributed by atoms with van der Waals surface area (Å²) in [6.07, 6.45) is 2.35. The minimum absolute atomic E-state index is 0.000238. The first-order chi connectivity index (χ1) is 16.9. The third-order valence-corrected chi connectivity index (χ3v) is 7.05. The molecule has 0 saturated heterocycles. The second-order valence-electron chi connectivity index (χ2n) is 7.98. The molecular formula is C26H25F2NO5S. The monoisotopic (exact) mass is 501 g/mol. The Morgan fingerprint density at radius 1 is 1.14 bits per heavy atom. The number of carbonyl (C=O) groups excluding carboxylic acids is 2. The lowest BCUT2D eigenvalue weighted by Crippen LogP contribution is -2.17. The van der Waals surface area contributed by atoms with E-state index in [1.165, 1.54) is 42.2 Å². The second kappa shape index (κ2) is 10.9. The number of thiophene rings is 1. The standard InChI is InChI=1S/C26H25F2NO5S/c1-3-33-25(31)22-18-11-9-16(15-7-5-4-6-8-15)14-21(18)35-24(22)29-23(30)17-10-12-19(34-26(27)28)20(13-17)32-2/h4-8,10,12-13,16,26H,3,9,11,14H2,1-2H3,(H,29,30)/t16-/m1/s1. The Morgan fingerprint density at radius 2 is 1.91 bits per heavy atom. The average molecular weight is 502 g/mol. The van der Waals surface area contributed by atoms with Crippen molar-refractivity contribution in [2.24, 2.45) is 0 Å². The zero-order valence-corrected chi connectivity index (χ0v) is 20.1. The molecule has 6 nitrogen and oxygen atoms in total. The van der Waals surface area contributed by atoms with Crippen molar-refractivity contribution in [3.63, 3.8) is 0 Å². The number of hydrogen-bond acceptors (Lipinski definition) is 6. The van der Waals surface area contributed by atoms with E-state index in [4.69, 9.17) is 9.47 Å². The number of fused-ring (bicyclic) bond motifs is 1. The first-order valence-corrected chi connectivity index (χ1v) is 12.0. The van der Waals surface area contributed by atoms with Crippen LogP contribution in [0.4, 0.5) is 13.8 Å². The molecule has 1 aliphatic carbocycles. The van der Waals surface area contributed by atoms with E-state index in [1.807, 2.05) is 18.2 Å². The number of hydrogen-bond donors (Lipinski definition) is 1. The molecule has 1 atom stereocenters. The van der Waals surface area contributed by atoms with Gasteiger partial charge in [0.15, 0.2) is 11.5 Å². The van der Waals surface area contributed by atoms with Gasteiger partial charge in [0.25, 0.3) is 5.91 Å². The Hall–Kier alpha value is -3.46. The molecule has 1 amide bonds. The number of esters is 1. The lowest BCUT2D eigenvalue weighted by atomic mass is 9.83. The summed E-state index contributed by atoms with van der Waals surface area (Å²) >= 11 is 1.37. The van der Waals surface area contributed by atoms with Crippen LogP contribution in [0, 0.1) is 0 Å². The summed E-state index contributed by atoms with van der Waals surface area (Å²) < 4.78 is 40.0. The average Bonchev–Trinajstić information content (AvgIpc) is 3.21. The molecule has 0 spiro atoms. The van der Waals surface area contributed by atoms with Gasteiger partial charge in [0.05, 0.1) is 19.3 Å². The van der Waals surface area contributed by atoms with Gasteiger partial charge in [0.2, 0.25) is 0 Å². The van der Waals surface area contributed by atoms with E-state index < -0.39 is 18.5 Å². The minimum Gasteiger partial charge on any atom is -0.493 e. The molecule has 1 aromatic heterocycles. The van der Waals surface area contributed by atoms with Crippen molar-refractivity contribution in [1.29, 1.82) is 0 Å². The summed E-state index contributed by atoms with van der Waals surface area (Å²) in [5, 5.41) is 3.24. The summed E-state index contributed by atoms with van der Waals surface area (Å²) in [4.78, 5) is 26.9. The molecule has 1 heterocycles. The van der Waals surface area contributed by atoms with Crippen molar-refractivity contribution in [3.05, 3.63) is 75.7 Å². The Balaban J connectivity index is 1.62. The van der Waals surface area contributed by atoms with E-state index in [1.54, 1.807) is 6.92 Å². The number of anilines is 1. The fraction of sp³-hybridized carbons (Fsp3) is 0.308. The lowest BCUT2D eigenvalue weighted by molar-refractivity contribution is -0.0512. The highest BCUT2D eigenvalue weighted by Gasteiger charge is 2.31. The van der Waals surface area contributed by atoms with E-state index >= 15 is 0 Å². The largest absolute Gasteiger partial charge is 0.493 e. The predicted molar refractivity (Wildman–Crippen MR) is 129 cm³/mol. The number of ether oxygens (including phenoxy) is 3. The highest BCUT2D eigenvalue weighted by molar-refractivity contribution is 7.17. The van der Waals surface area contributed by atoms with Crippen molar-refractivity contribution >= 4 is 28.2 Å². The summed E-state index contributed by atoms with van der Waals surface area (Å²) in [6.45, 7) is -1.07. The van der Waals surface area contributed by atoms with Gasteiger partial charge in [-0.3, -0.25) is 4.79 Å². The predicted octanol–water partition coefficient (Wildman–Crippen LogP) is 6.06. The number of rotatable bonds is 8. The molecule has 0 bridgehead atoms. The number of carbonyl (C=O) groups is 2. The summed E-state index contributed by atoms with van der Waals surface area (Å²) in [7, 11) is 1.30. The number of nitrogens with one attached hydrogen (secondary N) is 1. The molecule has 0 fully saturated rings. The third kappa shape index (κ3) is 5.45. The van der Waals surface area contributed by atoms with Crippen LogP contribution in [-0.2, 0) is 17.6 Å². The van der Waals surface area contributed by atoms with Crippen molar-refractivity contribution in [3.8, 4) is 11.5 Å². The fourth-order valence-corrected chi connectivity index (χ4v) is 5.59. The van der Waals surface area contributed by atoms with Crippen LogP contribution in [0.5, 0.6) is 11.5 Å². The van der Waals surface area contributed by atoms with Crippen LogP contribution in [0.15, 0.2) is 48.5 Å². The Bertz CT molecular complexity index is 1210. The molecule has 4 rings (SSSR count). The van der Waals surface area contributed by atoms with Gasteiger partial charge in [-0.05, 0) is 61.4 Å². The molecular weight excluding hydrogens is 476 g/mol. The maximum atomic E-state index is 13.0. The van der Waals surface area contributed by atoms with Gasteiger partial charge >= 0.3 is 12.6 Å². The fourth-order valence-electron chi connectivity index (χ4n) is 4.28. The minimum atomic E-state index is -3.02. The Kier molecular flexibility index (Phi) is 7.65. The van der Waals surface area contributed by atoms with Crippen LogP contribution in [0.1, 0.15) is 56.0 Å². The lowest BCUT2D eigenvalue weighted by Gasteiger charge is -2.23. The number of halogens is 2. The van der Waals surface area contributed by atoms with E-state index in [0.717, 1.165) is 23.3 Å². The maximum absolute atomic E-state index is 13.0. The first-order valence-electron chi connectivity index (χ1n) is 11.2. The van der Waals surface area contributed by atoms with Crippen LogP contribution in [0.25, 0.3) is 0 Å². The number of amides is 1. The molecule has 1 N–H and O–H groups in total. The molecule has 0 radical (unpaired) electrons. The molecule has 9 heteroatoms. The van der Waals surface area contributed by atoms with E-state index in [2.05, 4.69) is 22.2 Å². The molecule has 35 heavy (non-hydrogen) atoms. The maximum Gasteiger partial charge on any atom is 0.387 e. The molecule has 184 valence electrons. The molecule has 1 aliphatic rings. The normalized spacial score (nSPS) is 14.8. The van der Waals surface area contributed by atoms with Crippen LogP contribution in [-0.4, -0.2) is 32.2 Å². The van der Waals surface area contributed by atoms with Crippen LogP contribution < -0.4 is 14.8 Å². The topological polar surface area (TPSA) is 73.9 Å². The highest BCUT2D eigenvalue weighted by atomic mass is 32.1. The highest BCUT2D eigenvalue weighted by Crippen LogP contribution is 2.43. The summed E-state index contributed by atoms with van der Waals surface area (Å²) in [6, 6.07) is 14.1. The van der Waals surface area contributed by atoms with Crippen molar-refractivity contribution in [2.75, 3.05) is 19.0 Å². The number of alkyl halides is 2. The SMILES string of the molecule is CCOC(=O)c1c(NC(=O)c2ccc(OC(F)F)c(OC)c2)sc2c1CC[C@@H](c1ccccc1)C2. The van der Waals surface area contributed by atoms with Gasteiger partial charge in [0, 0.05) is 10.4 Å². The van der Waals surface area contributed by atoms with Crippen LogP contribution in [0.3, 0.4) is 0 Å². The summed E-state index contributed by atoms with van der Waals surface area (Å²) in [5.41, 5.74) is 2.71. The van der Waals surface area contributed by atoms with Gasteiger partial charge in [-0.25, -0.2) is 4.79 Å². The molecule has 0 unspecified atom stereocenters. The van der Waals surface area contributed by atoms with Gasteiger partial charge < -0.3 is 19.5 Å². The smallest absolute Gasteiger partial charge is 0.387 e. The third-order valence-electron chi connectivity index (χ3n) is 5.88. The van der Waals surface area contributed by atoms with E-state index in [0.29, 0.717) is 22.9 Å². The van der Waals surface area contributed by atoms with Crippen molar-refractivity contribution in [2.45, 2.75) is 38.7 Å². The molecule has 2 aromatic carbocycles. The molecule has 0 saturated carbocycles. The van der Waals surface area contributed by atoms with Gasteiger partial charge in [-0.2, -0.15) is 8.78 Å². The summed E-state index contributed by atoms with van der Waals surface area (Å²) in [5.74, 6) is -0.829. The molecule has 0 aliphatic heterocycles. The Labute approximate surface area is 205 Å². The van der Waals surface area contributed by atoms with Crippen molar-refractivity contribution < 1.29 is 32.6 Å². The van der Waals surface area contributed by atoms with Crippen LogP contribution >= 0.6 is 11.3 Å². The Morgan fingerprint density at radius 3 is 2.60 bits per heavy atom. The van der Waals surface area contributed by atoms with Gasteiger partial charge in [-0.15, -0.1) is 11.3 Å². The van der Waals surface area contributed by atoms with E-state index in [9.17, 15) is 18.4 Å². The second-order valence-corrected chi connectivity index (χ2v) is 9.08. The quantitative estimate of drug-likeness (QED) is 0.380. The van der Waals surface area contributed by atoms with Crippen molar-refractivity contribution in [1.82, 2.24) is 0 Å². The molecule has 3 aromatic rings. The zero-order valence-electron chi connectivity index (χ0n) is 19.3. The van der Waals surface area contributed by atoms with Crippen LogP contribution in [0.2, 0.25) is 0 Å². The number of benzene rings is 2. The first kappa shape index (κ1) is 24.7.